The van der Waals surface area contributed by atoms with Crippen molar-refractivity contribution in [1.29, 1.82) is 0 Å². The van der Waals surface area contributed by atoms with Gasteiger partial charge in [0.15, 0.2) is 28.5 Å². The van der Waals surface area contributed by atoms with Crippen molar-refractivity contribution in [2.45, 2.75) is 138 Å². The van der Waals surface area contributed by atoms with Gasteiger partial charge in [0, 0.05) is 72.9 Å². The van der Waals surface area contributed by atoms with Crippen LogP contribution < -0.4 is 37.2 Å². The first-order valence-corrected chi connectivity index (χ1v) is 29.5. The van der Waals surface area contributed by atoms with E-state index in [4.69, 9.17) is 10.1 Å². The highest BCUT2D eigenvalue weighted by atomic mass is 33.1. The van der Waals surface area contributed by atoms with Crippen molar-refractivity contribution in [3.05, 3.63) is 39.3 Å². The summed E-state index contributed by atoms with van der Waals surface area (Å²) in [6.07, 6.45) is 5.91. The standard InChI is InChI=1S/C44H61F4N11O13S4/c45-35-34(36(46)38(48)40(37(35)47)57-58-49)42(66)52-19-9-2-4-15-31(62)54-25(41(65)53-20-22-75-74-21-16-33(64)72-59-32(63)23-28(43(59)67)76(69,70)71)11-7-10-18-51-29(60)13-3-1-8-17-50-30(61)14-6-5-12-27-39-26(24-73-27)55-44(68)56-39/h25-28,39H,1-24H2,(H,50,61)(H,51,60)(H,52,66)(H,53,65)(H,54,62)(H2,55,56,68)(H,69,70,71). The summed E-state index contributed by atoms with van der Waals surface area (Å²) in [4.78, 5) is 118. The second-order valence-electron chi connectivity index (χ2n) is 17.6. The summed E-state index contributed by atoms with van der Waals surface area (Å²) in [5.41, 5.74) is 5.28. The van der Waals surface area contributed by atoms with Gasteiger partial charge in [-0.25, -0.2) is 27.2 Å². The Labute approximate surface area is 447 Å². The maximum atomic E-state index is 14.4. The largest absolute Gasteiger partial charge is 0.356 e. The van der Waals surface area contributed by atoms with Crippen LogP contribution in [0.2, 0.25) is 0 Å². The highest BCUT2D eigenvalue weighted by molar-refractivity contribution is 8.76. The number of thioether (sulfide) groups is 1. The number of fused-ring (bicyclic) bond motifs is 1. The Balaban J connectivity index is 1.11. The van der Waals surface area contributed by atoms with Crippen LogP contribution >= 0.6 is 33.3 Å². The molecule has 4 rings (SSSR count). The third-order valence-corrected chi connectivity index (χ3v) is 16.9. The van der Waals surface area contributed by atoms with Crippen LogP contribution in [0.3, 0.4) is 0 Å². The van der Waals surface area contributed by atoms with E-state index in [1.54, 1.807) is 0 Å². The molecule has 3 fully saturated rings. The summed E-state index contributed by atoms with van der Waals surface area (Å²) >= 11 is 1.84. The van der Waals surface area contributed by atoms with Crippen molar-refractivity contribution >= 4 is 103 Å². The lowest BCUT2D eigenvalue weighted by Crippen LogP contribution is -2.47. The van der Waals surface area contributed by atoms with E-state index in [0.29, 0.717) is 62.6 Å². The number of azide groups is 1. The SMILES string of the molecule is [N-]=[N+]=Nc1c(F)c(F)c(C(=O)NCCCCCC(=O)NC(CCCCNC(=O)CCCCCNC(=O)CCCCC2SCC3NC(=O)NC32)C(=O)NCCSSCCC(=O)ON2C(=O)CC(S(=O)(=O)O)C2=O)c(F)c1F. The van der Waals surface area contributed by atoms with Gasteiger partial charge >= 0.3 is 12.0 Å². The van der Waals surface area contributed by atoms with Crippen LogP contribution in [0.15, 0.2) is 5.11 Å². The second-order valence-corrected chi connectivity index (χ2v) is 23.2. The number of carbonyl (C=O) groups excluding carboxylic acids is 9. The van der Waals surface area contributed by atoms with Crippen LogP contribution in [0.4, 0.5) is 28.0 Å². The number of rotatable bonds is 35. The first-order chi connectivity index (χ1) is 36.2. The zero-order chi connectivity index (χ0) is 55.8. The smallest absolute Gasteiger partial charge is 0.334 e. The van der Waals surface area contributed by atoms with Gasteiger partial charge in [0.1, 0.15) is 17.3 Å². The number of nitrogens with one attached hydrogen (secondary N) is 7. The summed E-state index contributed by atoms with van der Waals surface area (Å²) in [6.45, 7) is 0.738. The van der Waals surface area contributed by atoms with Gasteiger partial charge in [-0.15, -0.1) is 5.06 Å². The second kappa shape index (κ2) is 32.2. The van der Waals surface area contributed by atoms with Crippen LogP contribution in [-0.2, 0) is 48.5 Å². The molecule has 422 valence electrons. The fraction of sp³-hybridized carbons (Fsp3) is 0.659. The summed E-state index contributed by atoms with van der Waals surface area (Å²) in [5, 5.41) is 20.1. The monoisotopic (exact) mass is 1160 g/mol. The highest BCUT2D eigenvalue weighted by Gasteiger charge is 2.48. The molecule has 0 aromatic heterocycles. The number of hydrogen-bond acceptors (Lipinski definition) is 16. The van der Waals surface area contributed by atoms with Crippen LogP contribution in [0.25, 0.3) is 10.4 Å². The van der Waals surface area contributed by atoms with E-state index >= 15 is 0 Å². The van der Waals surface area contributed by atoms with E-state index in [-0.39, 0.29) is 92.4 Å². The first kappa shape index (κ1) is 63.0. The Kier molecular flexibility index (Phi) is 26.7. The highest BCUT2D eigenvalue weighted by Crippen LogP contribution is 2.34. The molecule has 32 heteroatoms. The normalized spacial score (nSPS) is 18.2. The summed E-state index contributed by atoms with van der Waals surface area (Å²) in [7, 11) is -2.45. The molecule has 1 aromatic carbocycles. The molecule has 0 spiro atoms. The number of nitrogens with zero attached hydrogens (tertiary/aromatic N) is 4. The minimum absolute atomic E-state index is 0.00713. The fourth-order valence-electron chi connectivity index (χ4n) is 7.97. The lowest BCUT2D eigenvalue weighted by Gasteiger charge is -2.19. The molecule has 5 atom stereocenters. The predicted molar refractivity (Wildman–Crippen MR) is 271 cm³/mol. The Bertz CT molecular complexity index is 2420. The number of carbonyl (C=O) groups is 9. The molecule has 3 aliphatic heterocycles. The van der Waals surface area contributed by atoms with Crippen molar-refractivity contribution < 1.29 is 78.5 Å². The Morgan fingerprint density at radius 1 is 0.763 bits per heavy atom. The molecule has 3 aliphatic rings. The van der Waals surface area contributed by atoms with Crippen LogP contribution in [0, 0.1) is 23.3 Å². The van der Waals surface area contributed by atoms with Crippen LogP contribution in [-0.4, -0.2) is 143 Å². The molecular formula is C44H61F4N11O13S4. The zero-order valence-electron chi connectivity index (χ0n) is 41.1. The maximum absolute atomic E-state index is 14.4. The third-order valence-electron chi connectivity index (χ3n) is 11.9. The molecule has 0 aliphatic carbocycles. The minimum atomic E-state index is -4.88. The maximum Gasteiger partial charge on any atom is 0.334 e. The van der Waals surface area contributed by atoms with Gasteiger partial charge in [-0.05, 0) is 63.3 Å². The van der Waals surface area contributed by atoms with E-state index in [1.165, 1.54) is 21.6 Å². The zero-order valence-corrected chi connectivity index (χ0v) is 44.4. The average molecular weight is 1160 g/mol. The molecule has 8 N–H and O–H groups in total. The lowest BCUT2D eigenvalue weighted by atomic mass is 10.0. The lowest BCUT2D eigenvalue weighted by molar-refractivity contribution is -0.197. The number of urea groups is 1. The van der Waals surface area contributed by atoms with E-state index in [0.717, 1.165) is 31.4 Å². The van der Waals surface area contributed by atoms with Gasteiger partial charge in [0.05, 0.1) is 24.9 Å². The molecule has 24 nitrogen and oxygen atoms in total. The number of hydrogen-bond donors (Lipinski definition) is 8. The van der Waals surface area contributed by atoms with Crippen molar-refractivity contribution in [2.24, 2.45) is 5.11 Å². The van der Waals surface area contributed by atoms with Gasteiger partial charge in [-0.2, -0.15) is 20.2 Å². The van der Waals surface area contributed by atoms with Gasteiger partial charge in [0.2, 0.25) is 23.6 Å². The summed E-state index contributed by atoms with van der Waals surface area (Å²) < 4.78 is 88.6. The van der Waals surface area contributed by atoms with E-state index in [2.05, 4.69) is 52.1 Å². The van der Waals surface area contributed by atoms with Crippen molar-refractivity contribution in [1.82, 2.24) is 42.3 Å². The van der Waals surface area contributed by atoms with Gasteiger partial charge in [0.25, 0.3) is 27.8 Å². The van der Waals surface area contributed by atoms with Crippen LogP contribution in [0.5, 0.6) is 0 Å². The number of amides is 9. The molecule has 9 amide bonds. The minimum Gasteiger partial charge on any atom is -0.356 e. The Hall–Kier alpha value is -5.56. The van der Waals surface area contributed by atoms with E-state index < -0.39 is 97.9 Å². The fourth-order valence-corrected chi connectivity index (χ4v) is 12.1. The molecule has 3 saturated heterocycles. The quantitative estimate of drug-likeness (QED) is 0.00455. The summed E-state index contributed by atoms with van der Waals surface area (Å²) in [6, 6.07) is -0.790. The number of benzene rings is 1. The third kappa shape index (κ3) is 20.4. The first-order valence-electron chi connectivity index (χ1n) is 24.5. The summed E-state index contributed by atoms with van der Waals surface area (Å²) in [5.74, 6) is -13.0. The van der Waals surface area contributed by atoms with Gasteiger partial charge in [-0.3, -0.25) is 38.1 Å². The van der Waals surface area contributed by atoms with Gasteiger partial charge < -0.3 is 42.1 Å². The molecule has 76 heavy (non-hydrogen) atoms. The number of unbranched alkanes of at least 4 members (excludes halogenated alkanes) is 6. The average Bonchev–Trinajstić information content (AvgIpc) is 4.03. The van der Waals surface area contributed by atoms with Crippen LogP contribution in [0.1, 0.15) is 120 Å². The van der Waals surface area contributed by atoms with Crippen molar-refractivity contribution in [3.8, 4) is 0 Å². The number of halogens is 4. The molecule has 5 unspecified atom stereocenters. The molecule has 0 saturated carbocycles. The number of imide groups is 1. The Morgan fingerprint density at radius 3 is 1.97 bits per heavy atom. The number of hydroxylamine groups is 2. The molecule has 3 heterocycles. The molecule has 1 aromatic rings. The molecule has 0 radical (unpaired) electrons. The topological polar surface area (TPSA) is 353 Å². The van der Waals surface area contributed by atoms with Gasteiger partial charge in [-0.1, -0.05) is 46.0 Å². The van der Waals surface area contributed by atoms with E-state index in [1.807, 2.05) is 11.8 Å². The molecular weight excluding hydrogens is 1090 g/mol. The van der Waals surface area contributed by atoms with Crippen molar-refractivity contribution in [3.63, 3.8) is 0 Å². The van der Waals surface area contributed by atoms with Crippen molar-refractivity contribution in [2.75, 3.05) is 43.4 Å². The Morgan fingerprint density at radius 2 is 1.36 bits per heavy atom. The predicted octanol–water partition coefficient (Wildman–Crippen LogP) is 4.01. The molecule has 0 bridgehead atoms. The van der Waals surface area contributed by atoms with E-state index in [9.17, 15) is 69.1 Å².